The van der Waals surface area contributed by atoms with Gasteiger partial charge in [0, 0.05) is 0 Å². The summed E-state index contributed by atoms with van der Waals surface area (Å²) in [7, 11) is 0. The Labute approximate surface area is 274 Å². The molecule has 208 valence electrons. The van der Waals surface area contributed by atoms with Gasteiger partial charge in [-0.1, -0.05) is 97.8 Å². The van der Waals surface area contributed by atoms with Crippen LogP contribution >= 0.6 is 24.8 Å². The molecule has 2 radical (unpaired) electrons. The third-order valence-corrected chi connectivity index (χ3v) is 6.61. The second kappa shape index (κ2) is 19.3. The molecule has 0 aliphatic rings. The molecule has 0 unspecified atom stereocenters. The van der Waals surface area contributed by atoms with Gasteiger partial charge >= 0.3 is 33.7 Å². The first kappa shape index (κ1) is 38.1. The summed E-state index contributed by atoms with van der Waals surface area (Å²) in [4.78, 5) is 0. The van der Waals surface area contributed by atoms with E-state index in [9.17, 15) is 0 Å². The predicted molar refractivity (Wildman–Crippen MR) is 182 cm³/mol. The van der Waals surface area contributed by atoms with E-state index in [1.807, 2.05) is 0 Å². The molecule has 0 N–H and O–H groups in total. The monoisotopic (exact) mass is 704 g/mol. The molecule has 0 bridgehead atoms. The molecule has 0 aliphatic heterocycles. The van der Waals surface area contributed by atoms with Crippen LogP contribution in [-0.4, -0.2) is 12.1 Å². The zero-order valence-corrected chi connectivity index (χ0v) is 30.0. The fourth-order valence-electron chi connectivity index (χ4n) is 4.74. The first-order chi connectivity index (χ1) is 17.8. The van der Waals surface area contributed by atoms with Gasteiger partial charge in [0.1, 0.15) is 0 Å². The molecule has 0 saturated heterocycles. The topological polar surface area (TPSA) is 0 Å². The number of benzene rings is 4. The Bertz CT molecular complexity index is 1420. The van der Waals surface area contributed by atoms with Crippen LogP contribution in [0.25, 0.3) is 43.8 Å². The third-order valence-electron chi connectivity index (χ3n) is 6.61. The summed E-state index contributed by atoms with van der Waals surface area (Å²) in [5, 5.41) is 5.44. The number of aryl methyl sites for hydroxylation is 2. The van der Waals surface area contributed by atoms with E-state index >= 15 is 0 Å². The first-order valence-electron chi connectivity index (χ1n) is 12.5. The minimum absolute atomic E-state index is 0. The summed E-state index contributed by atoms with van der Waals surface area (Å²) in [6.07, 6.45) is 2.20. The van der Waals surface area contributed by atoms with Crippen molar-refractivity contribution in [3.05, 3.63) is 147 Å². The Morgan fingerprint density at radius 1 is 0.525 bits per heavy atom. The first-order valence-corrected chi connectivity index (χ1v) is 19.9. The molecule has 4 heteroatoms. The normalized spacial score (nSPS) is 9.32. The van der Waals surface area contributed by atoms with Crippen LogP contribution in [0, 0.1) is 14.9 Å². The second-order valence-electron chi connectivity index (χ2n) is 8.78. The Kier molecular flexibility index (Phi) is 18.4. The predicted octanol–water partition coefficient (Wildman–Crippen LogP) is 10.9. The van der Waals surface area contributed by atoms with Crippen LogP contribution in [0.4, 0.5) is 0 Å². The van der Waals surface area contributed by atoms with E-state index in [-0.39, 0.29) is 39.7 Å². The average molecular weight is 705 g/mol. The van der Waals surface area contributed by atoms with Crippen molar-refractivity contribution in [3.8, 4) is 22.3 Å². The van der Waals surface area contributed by atoms with Gasteiger partial charge in [0.2, 0.25) is 0 Å². The van der Waals surface area contributed by atoms with E-state index in [4.69, 9.17) is 0 Å². The van der Waals surface area contributed by atoms with Gasteiger partial charge in [-0.15, -0.1) is 93.9 Å². The van der Waals surface area contributed by atoms with Crippen molar-refractivity contribution in [3.63, 3.8) is 0 Å². The van der Waals surface area contributed by atoms with Crippen molar-refractivity contribution in [1.29, 1.82) is 0 Å². The van der Waals surface area contributed by atoms with Crippen molar-refractivity contribution in [1.82, 2.24) is 0 Å². The molecule has 0 fully saturated rings. The average Bonchev–Trinajstić information content (AvgIpc) is 3.59. The molecule has 0 saturated carbocycles. The van der Waals surface area contributed by atoms with Crippen LogP contribution in [0.15, 0.2) is 121 Å². The van der Waals surface area contributed by atoms with E-state index in [0.717, 1.165) is 12.8 Å². The molecule has 6 rings (SSSR count). The van der Waals surface area contributed by atoms with Gasteiger partial charge in [0.05, 0.1) is 0 Å². The maximum atomic E-state index is 2.32. The van der Waals surface area contributed by atoms with Gasteiger partial charge in [-0.2, -0.15) is 12.1 Å². The maximum absolute atomic E-state index is 2.32. The number of fused-ring (bicyclic) bond motifs is 2. The molecule has 6 aromatic carbocycles. The Morgan fingerprint density at radius 2 is 0.875 bits per heavy atom. The number of halogens is 2. The Morgan fingerprint density at radius 3 is 1.20 bits per heavy atom. The van der Waals surface area contributed by atoms with E-state index in [2.05, 4.69) is 147 Å². The number of rotatable bonds is 4. The third kappa shape index (κ3) is 9.05. The van der Waals surface area contributed by atoms with Crippen molar-refractivity contribution < 1.29 is 21.6 Å². The molecular formula is C36H38Cl2GeZr-4. The number of hydrogen-bond acceptors (Lipinski definition) is 0. The second-order valence-corrected chi connectivity index (χ2v) is 8.78. The molecule has 0 heterocycles. The molecule has 0 spiro atoms. The molecule has 0 atom stereocenters. The molecular weight excluding hydrogens is 667 g/mol. The van der Waals surface area contributed by atoms with E-state index in [1.54, 1.807) is 21.6 Å². The quantitative estimate of drug-likeness (QED) is 0.127. The fourth-order valence-corrected chi connectivity index (χ4v) is 4.74. The molecule has 0 amide bonds. The summed E-state index contributed by atoms with van der Waals surface area (Å²) in [6, 6.07) is 43.5. The standard InChI is InChI=1S/2C17H15.2CH3.2ClH.Ge.Zr/c2*1-2-13-11-15-9-6-10-16(17(15)12-13)14-7-4-3-5-8-14;;;;;;/h2*3-12H,2H2,1H3;2*1H3;2*1H;;/q4*-1;;;;. The van der Waals surface area contributed by atoms with Crippen molar-refractivity contribution in [2.24, 2.45) is 0 Å². The van der Waals surface area contributed by atoms with E-state index in [0.29, 0.717) is 0 Å². The summed E-state index contributed by atoms with van der Waals surface area (Å²) >= 11 is 3.64. The Balaban J connectivity index is 0.000000655. The van der Waals surface area contributed by atoms with Crippen LogP contribution in [0.2, 0.25) is 0 Å². The van der Waals surface area contributed by atoms with Gasteiger partial charge < -0.3 is 14.9 Å². The van der Waals surface area contributed by atoms with Crippen LogP contribution < -0.4 is 0 Å². The summed E-state index contributed by atoms with van der Waals surface area (Å²) < 4.78 is 0. The SMILES string of the molecule is CCc1cc2c(-c3ccccc3)cccc2[cH-]1.CCc1cc2c(-c3ccccc3)cccc2[cH-]1.Cl.Cl.[CH3-].[CH3-].[Ge]=[Zr]. The van der Waals surface area contributed by atoms with Crippen LogP contribution in [0.1, 0.15) is 25.0 Å². The molecule has 6 aromatic rings. The van der Waals surface area contributed by atoms with Crippen molar-refractivity contribution in [2.75, 3.05) is 0 Å². The van der Waals surface area contributed by atoms with Crippen molar-refractivity contribution >= 4 is 58.5 Å². The van der Waals surface area contributed by atoms with Gasteiger partial charge in [0.15, 0.2) is 0 Å². The Hall–Kier alpha value is -1.89. The summed E-state index contributed by atoms with van der Waals surface area (Å²) in [6.45, 7) is 4.41. The zero-order valence-electron chi connectivity index (χ0n) is 23.8. The van der Waals surface area contributed by atoms with Crippen LogP contribution in [-0.2, 0) is 34.4 Å². The van der Waals surface area contributed by atoms with Crippen LogP contribution in [0.3, 0.4) is 0 Å². The molecule has 0 nitrogen and oxygen atoms in total. The zero-order chi connectivity index (χ0) is 25.3. The number of hydrogen-bond donors (Lipinski definition) is 0. The summed E-state index contributed by atoms with van der Waals surface area (Å²) in [5.41, 5.74) is 8.11. The van der Waals surface area contributed by atoms with Gasteiger partial charge in [-0.05, 0) is 24.0 Å². The van der Waals surface area contributed by atoms with Gasteiger partial charge in [0.25, 0.3) is 0 Å². The van der Waals surface area contributed by atoms with E-state index < -0.39 is 0 Å². The fraction of sp³-hybridized carbons (Fsp3) is 0.111. The molecule has 0 aliphatic carbocycles. The van der Waals surface area contributed by atoms with Gasteiger partial charge in [-0.25, -0.2) is 0 Å². The molecule has 0 aromatic heterocycles. The van der Waals surface area contributed by atoms with Gasteiger partial charge in [-0.3, -0.25) is 0 Å². The molecule has 40 heavy (non-hydrogen) atoms. The van der Waals surface area contributed by atoms with Crippen molar-refractivity contribution in [2.45, 2.75) is 26.7 Å². The minimum atomic E-state index is 0. The summed E-state index contributed by atoms with van der Waals surface area (Å²) in [5.74, 6) is 0. The van der Waals surface area contributed by atoms with E-state index in [1.165, 1.54) is 54.9 Å². The van der Waals surface area contributed by atoms with Crippen LogP contribution in [0.5, 0.6) is 0 Å².